The number of pyridine rings is 1. The number of esters is 1. The fourth-order valence-corrected chi connectivity index (χ4v) is 7.34. The van der Waals surface area contributed by atoms with Crippen LogP contribution in [-0.4, -0.2) is 40.9 Å². The van der Waals surface area contributed by atoms with Crippen molar-refractivity contribution in [3.63, 3.8) is 0 Å². The van der Waals surface area contributed by atoms with Crippen molar-refractivity contribution in [2.24, 2.45) is 11.8 Å². The van der Waals surface area contributed by atoms with Crippen molar-refractivity contribution in [1.29, 1.82) is 0 Å². The maximum atomic E-state index is 13.8. The number of halogens is 3. The molecule has 10 heteroatoms. The summed E-state index contributed by atoms with van der Waals surface area (Å²) in [7, 11) is 1.35. The number of aromatic nitrogens is 2. The van der Waals surface area contributed by atoms with Gasteiger partial charge in [-0.3, -0.25) is 0 Å². The van der Waals surface area contributed by atoms with E-state index in [4.69, 9.17) is 14.0 Å². The van der Waals surface area contributed by atoms with E-state index in [1.165, 1.54) is 19.2 Å². The molecule has 0 amide bonds. The van der Waals surface area contributed by atoms with Gasteiger partial charge >= 0.3 is 12.1 Å². The Balaban J connectivity index is 1.12. The molecule has 1 aliphatic heterocycles. The highest BCUT2D eigenvalue weighted by molar-refractivity contribution is 5.89. The zero-order chi connectivity index (χ0) is 27.8. The van der Waals surface area contributed by atoms with E-state index in [0.29, 0.717) is 28.7 Å². The van der Waals surface area contributed by atoms with Crippen LogP contribution in [-0.2, 0) is 22.3 Å². The van der Waals surface area contributed by atoms with E-state index in [1.54, 1.807) is 18.3 Å². The number of anilines is 1. The Morgan fingerprint density at radius 3 is 2.65 bits per heavy atom. The summed E-state index contributed by atoms with van der Waals surface area (Å²) in [4.78, 5) is 18.8. The van der Waals surface area contributed by atoms with Gasteiger partial charge in [-0.1, -0.05) is 30.3 Å². The second-order valence-electron chi connectivity index (χ2n) is 11.7. The molecule has 4 fully saturated rings. The minimum Gasteiger partial charge on any atom is -0.465 e. The monoisotopic (exact) mass is 553 g/mol. The van der Waals surface area contributed by atoms with Gasteiger partial charge in [-0.2, -0.15) is 13.2 Å². The fraction of sp³-hybridized carbons (Fsp3) is 0.500. The van der Waals surface area contributed by atoms with Crippen LogP contribution in [0.5, 0.6) is 0 Å². The molecule has 0 N–H and O–H groups in total. The van der Waals surface area contributed by atoms with Gasteiger partial charge in [0.05, 0.1) is 42.5 Å². The third-order valence-corrected chi connectivity index (χ3v) is 9.38. The van der Waals surface area contributed by atoms with E-state index in [1.807, 2.05) is 6.07 Å². The van der Waals surface area contributed by atoms with E-state index in [-0.39, 0.29) is 41.5 Å². The van der Waals surface area contributed by atoms with Crippen molar-refractivity contribution in [3.05, 3.63) is 65.0 Å². The number of hydrogen-bond acceptors (Lipinski definition) is 7. The highest BCUT2D eigenvalue weighted by atomic mass is 19.4. The molecule has 1 aromatic carbocycles. The van der Waals surface area contributed by atoms with Crippen molar-refractivity contribution >= 4 is 11.8 Å². The molecule has 0 radical (unpaired) electrons. The van der Waals surface area contributed by atoms with E-state index in [0.717, 1.165) is 44.0 Å². The van der Waals surface area contributed by atoms with Crippen LogP contribution in [0.25, 0.3) is 11.3 Å². The number of ether oxygens (including phenoxy) is 2. The van der Waals surface area contributed by atoms with Gasteiger partial charge in [0.15, 0.2) is 0 Å². The largest absolute Gasteiger partial charge is 0.465 e. The number of carbonyl (C=O) groups is 1. The molecule has 3 heterocycles. The Morgan fingerprint density at radius 2 is 1.98 bits per heavy atom. The molecule has 3 saturated carbocycles. The summed E-state index contributed by atoms with van der Waals surface area (Å²) in [5.74, 6) is 2.24. The summed E-state index contributed by atoms with van der Waals surface area (Å²) in [6.45, 7) is 2.42. The standard InChI is InChI=1S/C30H30F3N3O4/c1-16-13-29-23(16)11-19(12-24(29)36(29)25-10-9-18(14-34-25)28(37)38-2)39-15-21-26(35-40-27(21)17-7-8-17)20-5-3-4-6-22(20)30(31,32)33/h3-6,9-10,14,16-17,19,23-24H,7-8,11-13,15H2,1-2H3/t16-,19?,23?,24?,29?,36?/m1/s1. The molecule has 5 atom stereocenters. The van der Waals surface area contributed by atoms with E-state index >= 15 is 0 Å². The first-order chi connectivity index (χ1) is 19.2. The molecule has 40 heavy (non-hydrogen) atoms. The maximum absolute atomic E-state index is 13.8. The first kappa shape index (κ1) is 25.6. The predicted octanol–water partition coefficient (Wildman–Crippen LogP) is 6.38. The number of nitrogens with zero attached hydrogens (tertiary/aromatic N) is 3. The molecular weight excluding hydrogens is 523 g/mol. The first-order valence-corrected chi connectivity index (χ1v) is 13.8. The second-order valence-corrected chi connectivity index (χ2v) is 11.7. The Hall–Kier alpha value is -3.40. The van der Waals surface area contributed by atoms with E-state index in [2.05, 4.69) is 22.0 Å². The number of hydrogen-bond donors (Lipinski definition) is 0. The average molecular weight is 554 g/mol. The molecule has 4 unspecified atom stereocenters. The molecule has 1 spiro atoms. The molecule has 0 bridgehead atoms. The molecule has 210 valence electrons. The van der Waals surface area contributed by atoms with Crippen LogP contribution in [0.1, 0.15) is 72.2 Å². The maximum Gasteiger partial charge on any atom is 0.417 e. The summed E-state index contributed by atoms with van der Waals surface area (Å²) in [5, 5.41) is 4.13. The van der Waals surface area contributed by atoms with Crippen LogP contribution >= 0.6 is 0 Å². The van der Waals surface area contributed by atoms with Gasteiger partial charge in [-0.05, 0) is 62.1 Å². The van der Waals surface area contributed by atoms with E-state index in [9.17, 15) is 18.0 Å². The summed E-state index contributed by atoms with van der Waals surface area (Å²) in [6.07, 6.45) is 1.66. The fourth-order valence-electron chi connectivity index (χ4n) is 7.34. The molecule has 1 saturated heterocycles. The van der Waals surface area contributed by atoms with Gasteiger partial charge in [0.2, 0.25) is 0 Å². The lowest BCUT2D eigenvalue weighted by Crippen LogP contribution is -2.51. The summed E-state index contributed by atoms with van der Waals surface area (Å²) >= 11 is 0. The minimum absolute atomic E-state index is 0.0226. The minimum atomic E-state index is -4.50. The van der Waals surface area contributed by atoms with Crippen LogP contribution in [0.15, 0.2) is 47.1 Å². The number of carbonyl (C=O) groups excluding carboxylic acids is 1. The highest BCUT2D eigenvalue weighted by Gasteiger charge is 2.75. The number of methoxy groups -OCH3 is 1. The van der Waals surface area contributed by atoms with E-state index < -0.39 is 17.7 Å². The normalized spacial score (nSPS) is 28.9. The van der Waals surface area contributed by atoms with Crippen LogP contribution < -0.4 is 4.90 Å². The lowest BCUT2D eigenvalue weighted by molar-refractivity contribution is -0.137. The number of benzene rings is 1. The van der Waals surface area contributed by atoms with Crippen molar-refractivity contribution in [3.8, 4) is 11.3 Å². The molecule has 7 rings (SSSR count). The zero-order valence-corrected chi connectivity index (χ0v) is 22.3. The van der Waals surface area contributed by atoms with Crippen molar-refractivity contribution in [2.75, 3.05) is 12.0 Å². The Bertz CT molecular complexity index is 1450. The number of alkyl halides is 3. The topological polar surface area (TPSA) is 77.5 Å². The van der Waals surface area contributed by atoms with Gasteiger partial charge < -0.3 is 18.9 Å². The van der Waals surface area contributed by atoms with Gasteiger partial charge in [0, 0.05) is 23.2 Å². The molecule has 3 aromatic rings. The highest BCUT2D eigenvalue weighted by Crippen LogP contribution is 2.68. The summed E-state index contributed by atoms with van der Waals surface area (Å²) < 4.78 is 58.4. The van der Waals surface area contributed by atoms with Gasteiger partial charge in [0.1, 0.15) is 17.3 Å². The molecule has 7 nitrogen and oxygen atoms in total. The molecule has 2 aromatic heterocycles. The number of rotatable bonds is 7. The van der Waals surface area contributed by atoms with Crippen LogP contribution in [0.3, 0.4) is 0 Å². The summed E-state index contributed by atoms with van der Waals surface area (Å²) in [5.41, 5.74) is 0.639. The smallest absolute Gasteiger partial charge is 0.417 e. The van der Waals surface area contributed by atoms with Gasteiger partial charge in [-0.25, -0.2) is 9.78 Å². The third-order valence-electron chi connectivity index (χ3n) is 9.38. The molecular formula is C30H30F3N3O4. The molecule has 4 aliphatic rings. The van der Waals surface area contributed by atoms with Crippen LogP contribution in [0.2, 0.25) is 0 Å². The van der Waals surface area contributed by atoms with Crippen molar-refractivity contribution < 1.29 is 32.0 Å². The zero-order valence-electron chi connectivity index (χ0n) is 22.3. The van der Waals surface area contributed by atoms with Crippen molar-refractivity contribution in [1.82, 2.24) is 10.1 Å². The Kier molecular flexibility index (Phi) is 5.79. The van der Waals surface area contributed by atoms with Gasteiger partial charge in [-0.15, -0.1) is 0 Å². The van der Waals surface area contributed by atoms with Crippen LogP contribution in [0.4, 0.5) is 19.0 Å². The first-order valence-electron chi connectivity index (χ1n) is 13.8. The Labute approximate surface area is 229 Å². The third kappa shape index (κ3) is 3.94. The van der Waals surface area contributed by atoms with Crippen molar-refractivity contribution in [2.45, 2.75) is 75.4 Å². The lowest BCUT2D eigenvalue weighted by Gasteiger charge is -2.48. The lowest BCUT2D eigenvalue weighted by atomic mass is 9.58. The molecule has 3 aliphatic carbocycles. The SMILES string of the molecule is COC(=O)c1ccc(N2C3CC(OCc4c(-c5ccccc5C(F)(F)F)noc4C4CC4)CC4[C@H](C)CC432)nc1. The Morgan fingerprint density at radius 1 is 1.18 bits per heavy atom. The van der Waals surface area contributed by atoms with Gasteiger partial charge in [0.25, 0.3) is 0 Å². The quantitative estimate of drug-likeness (QED) is 0.248. The predicted molar refractivity (Wildman–Crippen MR) is 139 cm³/mol. The summed E-state index contributed by atoms with van der Waals surface area (Å²) in [6, 6.07) is 9.40. The van der Waals surface area contributed by atoms with Crippen LogP contribution in [0, 0.1) is 11.8 Å². The average Bonchev–Trinajstić information content (AvgIpc) is 3.86. The second kappa shape index (κ2) is 9.06.